The van der Waals surface area contributed by atoms with Gasteiger partial charge < -0.3 is 4.74 Å². The Morgan fingerprint density at radius 1 is 0.958 bits per heavy atom. The van der Waals surface area contributed by atoms with Gasteiger partial charge in [0.25, 0.3) is 0 Å². The summed E-state index contributed by atoms with van der Waals surface area (Å²) < 4.78 is 6.44. The number of allylic oxidation sites excluding steroid dienone is 2. The van der Waals surface area contributed by atoms with Crippen molar-refractivity contribution in [3.63, 3.8) is 0 Å². The van der Waals surface area contributed by atoms with Crippen LogP contribution in [0.5, 0.6) is 5.75 Å². The molecule has 2 rings (SSSR count). The first kappa shape index (κ1) is 22.4. The van der Waals surface area contributed by atoms with Gasteiger partial charge in [-0.05, 0) is 56.7 Å². The molecule has 0 atom stereocenters. The van der Waals surface area contributed by atoms with Crippen LogP contribution in [0.15, 0.2) is 46.4 Å². The fraction of sp³-hybridized carbons (Fsp3) is 0.381. The van der Waals surface area contributed by atoms with Gasteiger partial charge >= 0.3 is 0 Å². The van der Waals surface area contributed by atoms with Crippen LogP contribution in [0.2, 0.25) is 0 Å². The minimum absolute atomic E-state index is 0.827. The molecule has 0 aliphatic rings. The van der Waals surface area contributed by atoms with Crippen molar-refractivity contribution in [1.82, 2.24) is 4.98 Å². The maximum atomic E-state index is 5.43. The van der Waals surface area contributed by atoms with Gasteiger partial charge in [0.05, 0.1) is 18.5 Å². The Kier molecular flexibility index (Phi) is 11.1. The molecule has 0 saturated carbocycles. The Hall–Kier alpha value is -1.61. The maximum absolute atomic E-state index is 5.43. The van der Waals surface area contributed by atoms with Gasteiger partial charge in [-0.25, -0.2) is 4.98 Å². The predicted octanol–water partition coefficient (Wildman–Crippen LogP) is 7.39. The van der Waals surface area contributed by atoms with E-state index in [4.69, 9.17) is 9.72 Å². The van der Waals surface area contributed by atoms with Crippen LogP contribution in [0.4, 0.5) is 0 Å². The molecule has 2 aromatic rings. The number of aromatic nitrogens is 1. The summed E-state index contributed by atoms with van der Waals surface area (Å²) in [7, 11) is 1.68. The van der Waals surface area contributed by atoms with Crippen LogP contribution >= 0.6 is 15.9 Å². The molecule has 0 saturated heterocycles. The molecule has 132 valence electrons. The monoisotopic (exact) mass is 391 g/mol. The molecule has 0 aliphatic heterocycles. The normalized spacial score (nSPS) is 9.04. The molecule has 1 heterocycles. The quantitative estimate of drug-likeness (QED) is 0.543. The van der Waals surface area contributed by atoms with E-state index in [0.717, 1.165) is 27.2 Å². The second-order valence-corrected chi connectivity index (χ2v) is 5.79. The zero-order chi connectivity index (χ0) is 18.7. The lowest BCUT2D eigenvalue weighted by Crippen LogP contribution is -1.94. The van der Waals surface area contributed by atoms with E-state index >= 15 is 0 Å². The Labute approximate surface area is 156 Å². The van der Waals surface area contributed by atoms with Crippen molar-refractivity contribution in [3.05, 3.63) is 52.1 Å². The molecule has 1 aromatic heterocycles. The summed E-state index contributed by atoms with van der Waals surface area (Å²) in [5, 5.41) is 0. The molecule has 0 bridgehead atoms. The molecule has 0 radical (unpaired) electrons. The third kappa shape index (κ3) is 6.12. The Bertz CT molecular complexity index is 659. The zero-order valence-corrected chi connectivity index (χ0v) is 17.8. The lowest BCUT2D eigenvalue weighted by molar-refractivity contribution is 0.416. The van der Waals surface area contributed by atoms with Crippen LogP contribution in [0.3, 0.4) is 0 Å². The SMILES string of the molecule is CC.CC.COc1ccc(Br)cc1-c1cccc(C(C)=C(C)C)n1. The van der Waals surface area contributed by atoms with Gasteiger partial charge in [0.2, 0.25) is 0 Å². The van der Waals surface area contributed by atoms with Crippen molar-refractivity contribution in [2.45, 2.75) is 48.5 Å². The number of ether oxygens (including phenoxy) is 1. The van der Waals surface area contributed by atoms with Crippen LogP contribution < -0.4 is 4.74 Å². The largest absolute Gasteiger partial charge is 0.496 e. The van der Waals surface area contributed by atoms with E-state index in [2.05, 4.69) is 36.7 Å². The van der Waals surface area contributed by atoms with Gasteiger partial charge in [0.15, 0.2) is 0 Å². The molecule has 0 aliphatic carbocycles. The molecule has 0 fully saturated rings. The van der Waals surface area contributed by atoms with E-state index < -0.39 is 0 Å². The van der Waals surface area contributed by atoms with Crippen molar-refractivity contribution < 1.29 is 4.74 Å². The molecular formula is C21H30BrNO. The van der Waals surface area contributed by atoms with Gasteiger partial charge in [-0.15, -0.1) is 0 Å². The van der Waals surface area contributed by atoms with E-state index in [1.54, 1.807) is 7.11 Å². The number of hydrogen-bond acceptors (Lipinski definition) is 2. The average molecular weight is 392 g/mol. The Balaban J connectivity index is 0.00000123. The Morgan fingerprint density at radius 2 is 1.58 bits per heavy atom. The summed E-state index contributed by atoms with van der Waals surface area (Å²) in [4.78, 5) is 4.76. The molecule has 2 nitrogen and oxygen atoms in total. The summed E-state index contributed by atoms with van der Waals surface area (Å²) >= 11 is 3.50. The van der Waals surface area contributed by atoms with Crippen molar-refractivity contribution >= 4 is 21.5 Å². The first-order valence-electron chi connectivity index (χ1n) is 8.48. The number of methoxy groups -OCH3 is 1. The van der Waals surface area contributed by atoms with E-state index in [9.17, 15) is 0 Å². The van der Waals surface area contributed by atoms with Crippen molar-refractivity contribution in [2.75, 3.05) is 7.11 Å². The molecule has 3 heteroatoms. The van der Waals surface area contributed by atoms with Gasteiger partial charge in [0, 0.05) is 10.0 Å². The minimum Gasteiger partial charge on any atom is -0.496 e. The van der Waals surface area contributed by atoms with E-state index in [1.165, 1.54) is 11.1 Å². The van der Waals surface area contributed by atoms with Gasteiger partial charge in [-0.2, -0.15) is 0 Å². The van der Waals surface area contributed by atoms with Crippen LogP contribution in [-0.4, -0.2) is 12.1 Å². The number of rotatable bonds is 3. The Morgan fingerprint density at radius 3 is 2.12 bits per heavy atom. The van der Waals surface area contributed by atoms with Crippen molar-refractivity contribution in [3.8, 4) is 17.0 Å². The highest BCUT2D eigenvalue weighted by molar-refractivity contribution is 9.10. The summed E-state index contributed by atoms with van der Waals surface area (Å²) in [6.45, 7) is 14.3. The van der Waals surface area contributed by atoms with Crippen LogP contribution in [-0.2, 0) is 0 Å². The van der Waals surface area contributed by atoms with Crippen LogP contribution in [0.25, 0.3) is 16.8 Å². The number of benzene rings is 1. The standard InChI is InChI=1S/C17H18BrNO.2C2H6/c1-11(2)12(3)15-6-5-7-16(19-15)14-10-13(18)8-9-17(14)20-4;2*1-2/h5-10H,1-4H3;2*1-2H3. The molecule has 1 aromatic carbocycles. The summed E-state index contributed by atoms with van der Waals surface area (Å²) in [6, 6.07) is 12.0. The number of nitrogens with zero attached hydrogens (tertiary/aromatic N) is 1. The van der Waals surface area contributed by atoms with E-state index in [0.29, 0.717) is 0 Å². The first-order valence-corrected chi connectivity index (χ1v) is 9.27. The lowest BCUT2D eigenvalue weighted by Gasteiger charge is -2.10. The highest BCUT2D eigenvalue weighted by Crippen LogP contribution is 2.32. The zero-order valence-electron chi connectivity index (χ0n) is 16.2. The smallest absolute Gasteiger partial charge is 0.128 e. The van der Waals surface area contributed by atoms with Gasteiger partial charge in [-0.3, -0.25) is 0 Å². The fourth-order valence-electron chi connectivity index (χ4n) is 1.93. The molecule has 0 N–H and O–H groups in total. The second kappa shape index (κ2) is 11.9. The third-order valence-electron chi connectivity index (χ3n) is 3.32. The van der Waals surface area contributed by atoms with Crippen molar-refractivity contribution in [2.24, 2.45) is 0 Å². The van der Waals surface area contributed by atoms with Crippen LogP contribution in [0, 0.1) is 0 Å². The molecule has 0 amide bonds. The number of hydrogen-bond donors (Lipinski definition) is 0. The third-order valence-corrected chi connectivity index (χ3v) is 3.81. The van der Waals surface area contributed by atoms with Crippen molar-refractivity contribution in [1.29, 1.82) is 0 Å². The summed E-state index contributed by atoms with van der Waals surface area (Å²) in [5.41, 5.74) is 5.40. The second-order valence-electron chi connectivity index (χ2n) is 4.88. The highest BCUT2D eigenvalue weighted by Gasteiger charge is 2.09. The number of halogens is 1. The highest BCUT2D eigenvalue weighted by atomic mass is 79.9. The van der Waals surface area contributed by atoms with E-state index in [-0.39, 0.29) is 0 Å². The van der Waals surface area contributed by atoms with Crippen LogP contribution in [0.1, 0.15) is 54.2 Å². The molecule has 24 heavy (non-hydrogen) atoms. The van der Waals surface area contributed by atoms with E-state index in [1.807, 2.05) is 64.1 Å². The predicted molar refractivity (Wildman–Crippen MR) is 111 cm³/mol. The first-order chi connectivity index (χ1) is 11.5. The maximum Gasteiger partial charge on any atom is 0.128 e. The number of pyridine rings is 1. The summed E-state index contributed by atoms with van der Waals surface area (Å²) in [6.07, 6.45) is 0. The summed E-state index contributed by atoms with van der Waals surface area (Å²) in [5.74, 6) is 0.827. The topological polar surface area (TPSA) is 22.1 Å². The molecule has 0 unspecified atom stereocenters. The lowest BCUT2D eigenvalue weighted by atomic mass is 10.1. The van der Waals surface area contributed by atoms with Gasteiger partial charge in [0.1, 0.15) is 5.75 Å². The molecular weight excluding hydrogens is 362 g/mol. The minimum atomic E-state index is 0.827. The fourth-order valence-corrected chi connectivity index (χ4v) is 2.29. The average Bonchev–Trinajstić information content (AvgIpc) is 2.64. The van der Waals surface area contributed by atoms with Gasteiger partial charge in [-0.1, -0.05) is 55.3 Å². The molecule has 0 spiro atoms.